The Kier molecular flexibility index (Phi) is 3.86. The van der Waals surface area contributed by atoms with E-state index in [0.717, 1.165) is 19.3 Å². The molecule has 2 atom stereocenters. The molecule has 9 heteroatoms. The van der Waals surface area contributed by atoms with E-state index in [1.165, 1.54) is 4.68 Å². The predicted octanol–water partition coefficient (Wildman–Crippen LogP) is -0.330. The zero-order valence-corrected chi connectivity index (χ0v) is 15.0. The van der Waals surface area contributed by atoms with Gasteiger partial charge < -0.3 is 9.80 Å². The van der Waals surface area contributed by atoms with Crippen LogP contribution in [0.5, 0.6) is 0 Å². The fraction of sp³-hybridized carbons (Fsp3) is 0.688. The monoisotopic (exact) mass is 366 g/mol. The highest BCUT2D eigenvalue weighted by atomic mass is 32.2. The van der Waals surface area contributed by atoms with E-state index in [-0.39, 0.29) is 29.2 Å². The molecule has 8 nitrogen and oxygen atoms in total. The van der Waals surface area contributed by atoms with Crippen LogP contribution in [-0.2, 0) is 21.7 Å². The van der Waals surface area contributed by atoms with Crippen molar-refractivity contribution in [1.29, 1.82) is 0 Å². The number of hydrogen-bond acceptors (Lipinski definition) is 5. The molecule has 0 unspecified atom stereocenters. The Morgan fingerprint density at radius 3 is 2.32 bits per heavy atom. The first kappa shape index (κ1) is 16.6. The molecule has 3 heterocycles. The smallest absolute Gasteiger partial charge is 0.272 e. The van der Waals surface area contributed by atoms with Crippen molar-refractivity contribution in [2.24, 2.45) is 13.0 Å². The molecule has 136 valence electrons. The van der Waals surface area contributed by atoms with Gasteiger partial charge in [0, 0.05) is 32.3 Å². The number of rotatable bonds is 2. The predicted molar refractivity (Wildman–Crippen MR) is 89.5 cm³/mol. The summed E-state index contributed by atoms with van der Waals surface area (Å²) in [5.74, 6) is -0.252. The molecule has 1 aromatic rings. The van der Waals surface area contributed by atoms with Crippen molar-refractivity contribution in [1.82, 2.24) is 19.6 Å². The van der Waals surface area contributed by atoms with Crippen LogP contribution in [0.3, 0.4) is 0 Å². The van der Waals surface area contributed by atoms with Crippen molar-refractivity contribution in [2.75, 3.05) is 24.6 Å². The second-order valence-corrected chi connectivity index (χ2v) is 9.36. The van der Waals surface area contributed by atoms with Crippen LogP contribution in [0.15, 0.2) is 12.3 Å². The van der Waals surface area contributed by atoms with E-state index in [2.05, 4.69) is 5.10 Å². The van der Waals surface area contributed by atoms with Crippen molar-refractivity contribution in [3.8, 4) is 0 Å². The highest BCUT2D eigenvalue weighted by Crippen LogP contribution is 2.33. The Morgan fingerprint density at radius 2 is 1.76 bits per heavy atom. The third-order valence-corrected chi connectivity index (χ3v) is 7.41. The quantitative estimate of drug-likeness (QED) is 0.715. The maximum atomic E-state index is 12.9. The summed E-state index contributed by atoms with van der Waals surface area (Å²) in [6.07, 6.45) is 4.38. The molecule has 2 amide bonds. The molecule has 1 aliphatic carbocycles. The molecule has 2 saturated heterocycles. The van der Waals surface area contributed by atoms with E-state index >= 15 is 0 Å². The summed E-state index contributed by atoms with van der Waals surface area (Å²) in [5, 5.41) is 4.02. The maximum Gasteiger partial charge on any atom is 0.272 e. The normalized spacial score (nSPS) is 28.5. The summed E-state index contributed by atoms with van der Waals surface area (Å²) in [4.78, 5) is 28.9. The minimum absolute atomic E-state index is 0.0308. The first-order chi connectivity index (χ1) is 11.9. The van der Waals surface area contributed by atoms with Crippen molar-refractivity contribution in [3.05, 3.63) is 18.0 Å². The second kappa shape index (κ2) is 5.82. The standard InChI is InChI=1S/C16H22N4O4S/c1-18-12(5-6-17-18)16(22)20-8-7-19(15(21)11-3-2-4-11)13-9-25(23,24)10-14(13)20/h5-6,11,13-14H,2-4,7-10H2,1H3/t13-,14+/m1/s1. The van der Waals surface area contributed by atoms with Crippen molar-refractivity contribution >= 4 is 21.7 Å². The number of sulfone groups is 1. The lowest BCUT2D eigenvalue weighted by Crippen LogP contribution is -2.63. The first-order valence-corrected chi connectivity index (χ1v) is 10.5. The van der Waals surface area contributed by atoms with Crippen LogP contribution in [0.2, 0.25) is 0 Å². The number of carbonyl (C=O) groups is 2. The molecule has 0 bridgehead atoms. The van der Waals surface area contributed by atoms with Gasteiger partial charge in [0.15, 0.2) is 9.84 Å². The third kappa shape index (κ3) is 2.74. The number of piperazine rings is 1. The molecule has 2 aliphatic heterocycles. The third-order valence-electron chi connectivity index (χ3n) is 5.71. The molecule has 0 spiro atoms. The van der Waals surface area contributed by atoms with Crippen LogP contribution in [0.4, 0.5) is 0 Å². The van der Waals surface area contributed by atoms with Gasteiger partial charge in [-0.2, -0.15) is 5.10 Å². The average Bonchev–Trinajstić information content (AvgIpc) is 3.05. The summed E-state index contributed by atoms with van der Waals surface area (Å²) in [7, 11) is -1.58. The van der Waals surface area contributed by atoms with Gasteiger partial charge in [0.25, 0.3) is 5.91 Å². The van der Waals surface area contributed by atoms with Gasteiger partial charge in [0.1, 0.15) is 5.69 Å². The van der Waals surface area contributed by atoms with Gasteiger partial charge in [0.2, 0.25) is 5.91 Å². The highest BCUT2D eigenvalue weighted by molar-refractivity contribution is 7.91. The maximum absolute atomic E-state index is 12.9. The van der Waals surface area contributed by atoms with E-state index in [1.807, 2.05) is 0 Å². The van der Waals surface area contributed by atoms with E-state index in [4.69, 9.17) is 0 Å². The molecule has 0 aromatic carbocycles. The van der Waals surface area contributed by atoms with Gasteiger partial charge in [-0.15, -0.1) is 0 Å². The van der Waals surface area contributed by atoms with Crippen LogP contribution >= 0.6 is 0 Å². The van der Waals surface area contributed by atoms with Crippen molar-refractivity contribution in [2.45, 2.75) is 31.3 Å². The molecule has 3 aliphatic rings. The number of aryl methyl sites for hydroxylation is 1. The largest absolute Gasteiger partial charge is 0.335 e. The van der Waals surface area contributed by atoms with Crippen LogP contribution in [-0.4, -0.2) is 76.5 Å². The lowest BCUT2D eigenvalue weighted by Gasteiger charge is -2.45. The SMILES string of the molecule is Cn1nccc1C(=O)N1CCN(C(=O)C2CCC2)[C@@H]2CS(=O)(=O)C[C@@H]21. The minimum Gasteiger partial charge on any atom is -0.335 e. The van der Waals surface area contributed by atoms with Gasteiger partial charge in [0.05, 0.1) is 23.6 Å². The van der Waals surface area contributed by atoms with E-state index < -0.39 is 21.9 Å². The molecule has 0 radical (unpaired) electrons. The topological polar surface area (TPSA) is 92.6 Å². The fourth-order valence-corrected chi connectivity index (χ4v) is 6.08. The Labute approximate surface area is 146 Å². The molecule has 1 aromatic heterocycles. The van der Waals surface area contributed by atoms with Gasteiger partial charge in [-0.25, -0.2) is 8.42 Å². The van der Waals surface area contributed by atoms with Crippen molar-refractivity contribution in [3.63, 3.8) is 0 Å². The number of amides is 2. The van der Waals surface area contributed by atoms with Gasteiger partial charge in [-0.1, -0.05) is 6.42 Å². The summed E-state index contributed by atoms with van der Waals surface area (Å²) < 4.78 is 26.0. The Morgan fingerprint density at radius 1 is 1.12 bits per heavy atom. The Bertz CT molecular complexity index is 814. The number of hydrogen-bond donors (Lipinski definition) is 0. The Hall–Kier alpha value is -1.90. The van der Waals surface area contributed by atoms with Crippen LogP contribution in [0, 0.1) is 5.92 Å². The van der Waals surface area contributed by atoms with E-state index in [0.29, 0.717) is 18.8 Å². The lowest BCUT2D eigenvalue weighted by molar-refractivity contribution is -0.143. The summed E-state index contributed by atoms with van der Waals surface area (Å²) in [6.45, 7) is 0.759. The second-order valence-electron chi connectivity index (χ2n) is 7.21. The van der Waals surface area contributed by atoms with E-state index in [1.54, 1.807) is 29.1 Å². The molecule has 3 fully saturated rings. The van der Waals surface area contributed by atoms with Crippen molar-refractivity contribution < 1.29 is 18.0 Å². The molecular weight excluding hydrogens is 344 g/mol. The van der Waals surface area contributed by atoms with Crippen LogP contribution in [0.25, 0.3) is 0 Å². The fourth-order valence-electron chi connectivity index (χ4n) is 4.10. The summed E-state index contributed by atoms with van der Waals surface area (Å²) in [5.41, 5.74) is 0.432. The van der Waals surface area contributed by atoms with Gasteiger partial charge >= 0.3 is 0 Å². The molecule has 25 heavy (non-hydrogen) atoms. The zero-order chi connectivity index (χ0) is 17.8. The summed E-state index contributed by atoms with van der Waals surface area (Å²) in [6, 6.07) is 0.737. The number of nitrogens with zero attached hydrogens (tertiary/aromatic N) is 4. The average molecular weight is 366 g/mol. The van der Waals surface area contributed by atoms with Gasteiger partial charge in [-0.05, 0) is 18.9 Å². The summed E-state index contributed by atoms with van der Waals surface area (Å²) >= 11 is 0. The number of aromatic nitrogens is 2. The number of fused-ring (bicyclic) bond motifs is 1. The molecule has 4 rings (SSSR count). The zero-order valence-electron chi connectivity index (χ0n) is 14.2. The molecular formula is C16H22N4O4S. The van der Waals surface area contributed by atoms with E-state index in [9.17, 15) is 18.0 Å². The first-order valence-electron chi connectivity index (χ1n) is 8.67. The lowest BCUT2D eigenvalue weighted by atomic mass is 9.83. The minimum atomic E-state index is -3.27. The number of carbonyl (C=O) groups excluding carboxylic acids is 2. The van der Waals surface area contributed by atoms with Crippen LogP contribution in [0.1, 0.15) is 29.8 Å². The highest BCUT2D eigenvalue weighted by Gasteiger charge is 2.50. The molecule has 1 saturated carbocycles. The van der Waals surface area contributed by atoms with Crippen LogP contribution < -0.4 is 0 Å². The van der Waals surface area contributed by atoms with Gasteiger partial charge in [-0.3, -0.25) is 14.3 Å². The molecule has 0 N–H and O–H groups in total. The Balaban J connectivity index is 1.61.